The Balaban J connectivity index is 2.05. The van der Waals surface area contributed by atoms with Crippen LogP contribution in [0.25, 0.3) is 16.9 Å². The van der Waals surface area contributed by atoms with E-state index >= 15 is 0 Å². The van der Waals surface area contributed by atoms with Gasteiger partial charge in [0.15, 0.2) is 0 Å². The quantitative estimate of drug-likeness (QED) is 0.273. The van der Waals surface area contributed by atoms with Gasteiger partial charge in [-0.25, -0.2) is 18.1 Å². The van der Waals surface area contributed by atoms with Gasteiger partial charge >= 0.3 is 5.69 Å². The highest BCUT2D eigenvalue weighted by atomic mass is 32.2. The van der Waals surface area contributed by atoms with E-state index in [1.807, 2.05) is 0 Å². The molecular weight excluding hydrogens is 369 g/mol. The molecule has 0 aliphatic rings. The summed E-state index contributed by atoms with van der Waals surface area (Å²) in [6.45, 7) is -0.379. The van der Waals surface area contributed by atoms with E-state index in [4.69, 9.17) is 0 Å². The summed E-state index contributed by atoms with van der Waals surface area (Å²) in [6.07, 6.45) is 2.47. The number of aromatic nitrogens is 3. The predicted molar refractivity (Wildman–Crippen MR) is 88.3 cm³/mol. The van der Waals surface area contributed by atoms with Gasteiger partial charge in [-0.05, 0) is 24.3 Å². The Kier molecular flexibility index (Phi) is 4.88. The molecule has 0 fully saturated rings. The summed E-state index contributed by atoms with van der Waals surface area (Å²) in [7, 11) is 1.45. The molecule has 3 aromatic rings. The third-order valence-electron chi connectivity index (χ3n) is 3.58. The number of benzene rings is 1. The summed E-state index contributed by atoms with van der Waals surface area (Å²) in [6, 6.07) is 5.69. The van der Waals surface area contributed by atoms with Gasteiger partial charge in [-0.15, -0.1) is 0 Å². The van der Waals surface area contributed by atoms with E-state index in [0.717, 1.165) is 6.20 Å². The molecule has 0 radical (unpaired) electrons. The zero-order valence-corrected chi connectivity index (χ0v) is 14.1. The molecule has 2 aromatic heterocycles. The van der Waals surface area contributed by atoms with E-state index in [1.54, 1.807) is 6.07 Å². The average molecular weight is 380 g/mol. The lowest BCUT2D eigenvalue weighted by Crippen LogP contribution is -2.22. The molecule has 0 amide bonds. The van der Waals surface area contributed by atoms with Crippen LogP contribution < -0.4 is 4.90 Å². The maximum atomic E-state index is 14.1. The molecule has 0 N–H and O–H groups in total. The lowest BCUT2D eigenvalue weighted by atomic mass is 10.1. The summed E-state index contributed by atoms with van der Waals surface area (Å²) in [4.78, 5) is 15.7. The molecule has 0 aliphatic carbocycles. The molecular formula is C14H11FN5O5S-. The molecule has 0 spiro atoms. The van der Waals surface area contributed by atoms with Gasteiger partial charge in [0.05, 0.1) is 27.7 Å². The summed E-state index contributed by atoms with van der Waals surface area (Å²) < 4.78 is 40.8. The molecule has 0 saturated heterocycles. The van der Waals surface area contributed by atoms with E-state index in [-0.39, 0.29) is 23.8 Å². The largest absolute Gasteiger partial charge is 0.750 e. The highest BCUT2D eigenvalue weighted by molar-refractivity contribution is 7.74. The second-order valence-corrected chi connectivity index (χ2v) is 5.81. The number of nitro groups is 1. The Labute approximate surface area is 148 Å². The van der Waals surface area contributed by atoms with Gasteiger partial charge in [-0.1, -0.05) is 0 Å². The van der Waals surface area contributed by atoms with Gasteiger partial charge in [-0.3, -0.25) is 14.3 Å². The third-order valence-corrected chi connectivity index (χ3v) is 3.87. The summed E-state index contributed by atoms with van der Waals surface area (Å²) in [5.41, 5.74) is 0.835. The van der Waals surface area contributed by atoms with E-state index in [1.165, 1.54) is 40.9 Å². The molecule has 1 unspecified atom stereocenters. The van der Waals surface area contributed by atoms with Crippen molar-refractivity contribution in [3.05, 3.63) is 52.6 Å². The maximum absolute atomic E-state index is 14.1. The van der Waals surface area contributed by atoms with Crippen molar-refractivity contribution >= 4 is 28.4 Å². The molecule has 1 aromatic carbocycles. The zero-order valence-electron chi connectivity index (χ0n) is 13.2. The number of hydrogen-bond donors (Lipinski definition) is 0. The van der Waals surface area contributed by atoms with Gasteiger partial charge in [0.1, 0.15) is 18.7 Å². The molecule has 0 bridgehead atoms. The lowest BCUT2D eigenvalue weighted by molar-refractivity contribution is -0.383. The van der Waals surface area contributed by atoms with Crippen molar-refractivity contribution < 1.29 is 22.3 Å². The van der Waals surface area contributed by atoms with E-state index in [2.05, 4.69) is 14.3 Å². The normalized spacial score (nSPS) is 12.3. The highest BCUT2D eigenvalue weighted by Crippen LogP contribution is 2.28. The Morgan fingerprint density at radius 2 is 2.19 bits per heavy atom. The molecule has 2 heterocycles. The predicted octanol–water partition coefficient (Wildman–Crippen LogP) is 1.65. The van der Waals surface area contributed by atoms with Crippen LogP contribution in [0.3, 0.4) is 0 Å². The molecule has 136 valence electrons. The highest BCUT2D eigenvalue weighted by Gasteiger charge is 2.19. The van der Waals surface area contributed by atoms with Crippen LogP contribution >= 0.6 is 0 Å². The third kappa shape index (κ3) is 3.37. The van der Waals surface area contributed by atoms with Crippen molar-refractivity contribution in [3.63, 3.8) is 0 Å². The monoisotopic (exact) mass is 380 g/mol. The molecule has 26 heavy (non-hydrogen) atoms. The number of halogens is 1. The van der Waals surface area contributed by atoms with Crippen molar-refractivity contribution in [1.82, 2.24) is 14.6 Å². The fourth-order valence-corrected chi connectivity index (χ4v) is 2.63. The molecule has 0 aliphatic heterocycles. The standard InChI is InChI=1S/C14H12FN5O5S/c1-18(8-25-26(23)24)12-6-9(2-3-10(12)15)11-4-5-16-14-13(20(21)22)7-17-19(11)14/h2-7H,8H2,1H3,(H,23,24)/p-1. The first-order valence-corrected chi connectivity index (χ1v) is 8.09. The van der Waals surface area contributed by atoms with Crippen LogP contribution in [-0.4, -0.2) is 42.1 Å². The number of anilines is 1. The van der Waals surface area contributed by atoms with Gasteiger partial charge in [0.25, 0.3) is 0 Å². The smallest absolute Gasteiger partial charge is 0.333 e. The first-order valence-electron chi connectivity index (χ1n) is 7.09. The van der Waals surface area contributed by atoms with Gasteiger partial charge in [0.2, 0.25) is 5.65 Å². The molecule has 10 nitrogen and oxygen atoms in total. The minimum atomic E-state index is -2.73. The van der Waals surface area contributed by atoms with Crippen LogP contribution in [0.4, 0.5) is 15.8 Å². The van der Waals surface area contributed by atoms with E-state index in [9.17, 15) is 23.3 Å². The molecule has 12 heteroatoms. The van der Waals surface area contributed by atoms with Crippen molar-refractivity contribution in [1.29, 1.82) is 0 Å². The first kappa shape index (κ1) is 17.8. The summed E-state index contributed by atoms with van der Waals surface area (Å²) >= 11 is -2.73. The molecule has 3 rings (SSSR count). The van der Waals surface area contributed by atoms with Crippen LogP contribution in [-0.2, 0) is 15.5 Å². The number of hydrogen-bond acceptors (Lipinski definition) is 8. The Bertz CT molecular complexity index is 1010. The average Bonchev–Trinajstić information content (AvgIpc) is 3.04. The topological polar surface area (TPSA) is 126 Å². The lowest BCUT2D eigenvalue weighted by Gasteiger charge is -2.21. The second kappa shape index (κ2) is 7.11. The van der Waals surface area contributed by atoms with Crippen LogP contribution in [0.5, 0.6) is 0 Å². The van der Waals surface area contributed by atoms with Crippen molar-refractivity contribution in [2.75, 3.05) is 18.7 Å². The minimum Gasteiger partial charge on any atom is -0.750 e. The minimum absolute atomic E-state index is 0.0526. The first-order chi connectivity index (χ1) is 12.4. The fraction of sp³-hybridized carbons (Fsp3) is 0.143. The summed E-state index contributed by atoms with van der Waals surface area (Å²) in [5, 5.41) is 15.0. The van der Waals surface area contributed by atoms with Gasteiger partial charge in [-0.2, -0.15) is 5.10 Å². The zero-order chi connectivity index (χ0) is 18.8. The SMILES string of the molecule is CN(COS(=O)[O-])c1cc(-c2ccnc3c([N+](=O)[O-])cnn23)ccc1F. The Hall–Kier alpha value is -2.96. The molecule has 0 saturated carbocycles. The van der Waals surface area contributed by atoms with E-state index < -0.39 is 22.1 Å². The van der Waals surface area contributed by atoms with E-state index in [0.29, 0.717) is 11.3 Å². The number of rotatable bonds is 6. The Morgan fingerprint density at radius 3 is 2.88 bits per heavy atom. The fourth-order valence-electron chi connectivity index (χ4n) is 2.38. The van der Waals surface area contributed by atoms with Crippen LogP contribution in [0, 0.1) is 15.9 Å². The van der Waals surface area contributed by atoms with Gasteiger partial charge in [0, 0.05) is 18.8 Å². The van der Waals surface area contributed by atoms with Crippen molar-refractivity contribution in [3.8, 4) is 11.3 Å². The van der Waals surface area contributed by atoms with Crippen LogP contribution in [0.15, 0.2) is 36.7 Å². The summed E-state index contributed by atoms with van der Waals surface area (Å²) in [5.74, 6) is -0.590. The number of nitrogens with zero attached hydrogens (tertiary/aromatic N) is 5. The second-order valence-electron chi connectivity index (χ2n) is 5.17. The number of fused-ring (bicyclic) bond motifs is 1. The van der Waals surface area contributed by atoms with Crippen molar-refractivity contribution in [2.45, 2.75) is 0 Å². The van der Waals surface area contributed by atoms with Gasteiger partial charge < -0.3 is 9.45 Å². The Morgan fingerprint density at radius 1 is 1.42 bits per heavy atom. The maximum Gasteiger partial charge on any atom is 0.333 e. The molecule has 1 atom stereocenters. The van der Waals surface area contributed by atoms with Crippen molar-refractivity contribution in [2.24, 2.45) is 0 Å². The van der Waals surface area contributed by atoms with Crippen LogP contribution in [0.2, 0.25) is 0 Å². The van der Waals surface area contributed by atoms with Crippen LogP contribution in [0.1, 0.15) is 0 Å².